The second kappa shape index (κ2) is 11.9. The first-order chi connectivity index (χ1) is 23.4. The molecule has 0 atom stereocenters. The summed E-state index contributed by atoms with van der Waals surface area (Å²) >= 11 is 0. The number of furan rings is 1. The molecule has 0 saturated heterocycles. The number of benzene rings is 6. The van der Waals surface area contributed by atoms with Crippen LogP contribution in [0.4, 0.5) is 0 Å². The van der Waals surface area contributed by atoms with Crippen LogP contribution in [0.5, 0.6) is 0 Å². The van der Waals surface area contributed by atoms with Crippen molar-refractivity contribution in [3.05, 3.63) is 121 Å². The Labute approximate surface area is 284 Å². The van der Waals surface area contributed by atoms with Gasteiger partial charge >= 0.3 is 0 Å². The average Bonchev–Trinajstić information content (AvgIpc) is 3.53. The summed E-state index contributed by atoms with van der Waals surface area (Å²) in [7, 11) is 11.1. The van der Waals surface area contributed by atoms with Gasteiger partial charge in [-0.15, -0.1) is 16.4 Å². The molecule has 6 aromatic carbocycles. The van der Waals surface area contributed by atoms with Crippen LogP contribution in [0.15, 0.2) is 126 Å². The number of nitrogens with zero attached hydrogens (tertiary/aromatic N) is 3. The van der Waals surface area contributed by atoms with Crippen molar-refractivity contribution in [2.24, 2.45) is 0 Å². The summed E-state index contributed by atoms with van der Waals surface area (Å²) in [6.07, 6.45) is 0. The van der Waals surface area contributed by atoms with Crippen LogP contribution in [-0.2, 0) is 0 Å². The van der Waals surface area contributed by atoms with E-state index in [2.05, 4.69) is 106 Å². The van der Waals surface area contributed by atoms with Crippen LogP contribution < -0.4 is 27.3 Å². The van der Waals surface area contributed by atoms with Gasteiger partial charge in [-0.2, -0.15) is 0 Å². The molecule has 0 radical (unpaired) electrons. The van der Waals surface area contributed by atoms with Crippen molar-refractivity contribution in [1.29, 1.82) is 0 Å². The van der Waals surface area contributed by atoms with Crippen LogP contribution in [0.1, 0.15) is 0 Å². The number of hydrogen-bond acceptors (Lipinski definition) is 4. The van der Waals surface area contributed by atoms with Crippen LogP contribution in [0.3, 0.4) is 0 Å². The second-order valence-corrected chi connectivity index (χ2v) is 12.6. The summed E-state index contributed by atoms with van der Waals surface area (Å²) < 4.78 is 6.45. The minimum absolute atomic E-state index is 0.606. The van der Waals surface area contributed by atoms with E-state index >= 15 is 0 Å². The van der Waals surface area contributed by atoms with Gasteiger partial charge in [0.2, 0.25) is 0 Å². The van der Waals surface area contributed by atoms with Gasteiger partial charge in [-0.05, 0) is 40.5 Å². The number of aromatic nitrogens is 3. The molecule has 2 aromatic heterocycles. The van der Waals surface area contributed by atoms with Crippen molar-refractivity contribution >= 4 is 88.5 Å². The molecule has 0 aliphatic heterocycles. The molecule has 0 amide bonds. The highest BCUT2D eigenvalue weighted by molar-refractivity contribution is 6.68. The molecule has 8 rings (SSSR count). The van der Waals surface area contributed by atoms with E-state index in [1.807, 2.05) is 54.6 Å². The lowest BCUT2D eigenvalue weighted by atomic mass is 9.59. The van der Waals surface area contributed by atoms with Gasteiger partial charge < -0.3 is 4.42 Å². The van der Waals surface area contributed by atoms with E-state index in [0.717, 1.165) is 55.3 Å². The minimum atomic E-state index is 0.606. The average molecular weight is 611 g/mol. The molecule has 0 unspecified atom stereocenters. The predicted molar refractivity (Wildman–Crippen MR) is 215 cm³/mol. The molecule has 8 aromatic rings. The summed E-state index contributed by atoms with van der Waals surface area (Å²) in [5, 5.41) is 2.05. The largest absolute Gasteiger partial charge is 0.456 e. The molecule has 48 heavy (non-hydrogen) atoms. The number of hydrogen-bond donors (Lipinski definition) is 0. The summed E-state index contributed by atoms with van der Waals surface area (Å²) in [6.45, 7) is 0. The fourth-order valence-corrected chi connectivity index (χ4v) is 7.00. The molecule has 0 fully saturated rings. The van der Waals surface area contributed by atoms with E-state index in [9.17, 15) is 0 Å². The normalized spacial score (nSPS) is 11.3. The fraction of sp³-hybridized carbons (Fsp3) is 0. The van der Waals surface area contributed by atoms with Gasteiger partial charge in [0.05, 0.1) is 0 Å². The molecule has 4 nitrogen and oxygen atoms in total. The monoisotopic (exact) mass is 611 g/mol. The predicted octanol–water partition coefficient (Wildman–Crippen LogP) is 1.40. The SMILES string of the molecule is Bc1c(B)c(B)c(-c2cccc(-c3nc(-c4ccccc4)nc(-c4cccc5oc6cccc(-c7ccccc7)c6c45)n3)c2)c(B)c1B. The highest BCUT2D eigenvalue weighted by Gasteiger charge is 2.20. The van der Waals surface area contributed by atoms with Gasteiger partial charge in [0.25, 0.3) is 0 Å². The van der Waals surface area contributed by atoms with Crippen molar-refractivity contribution in [3.63, 3.8) is 0 Å². The molecule has 0 bridgehead atoms. The molecule has 0 aliphatic rings. The minimum Gasteiger partial charge on any atom is -0.456 e. The van der Waals surface area contributed by atoms with E-state index in [4.69, 9.17) is 19.4 Å². The Hall–Kier alpha value is -5.55. The Balaban J connectivity index is 1.38. The van der Waals surface area contributed by atoms with Gasteiger partial charge in [-0.1, -0.05) is 114 Å². The molecule has 222 valence electrons. The molecule has 2 heterocycles. The van der Waals surface area contributed by atoms with E-state index in [0.29, 0.717) is 17.5 Å². The van der Waals surface area contributed by atoms with E-state index < -0.39 is 0 Å². The third kappa shape index (κ3) is 4.98. The van der Waals surface area contributed by atoms with Crippen molar-refractivity contribution in [2.45, 2.75) is 0 Å². The van der Waals surface area contributed by atoms with Gasteiger partial charge in [-0.25, -0.2) is 15.0 Å². The van der Waals surface area contributed by atoms with Crippen LogP contribution in [0, 0.1) is 0 Å². The Morgan fingerprint density at radius 1 is 0.375 bits per heavy atom. The van der Waals surface area contributed by atoms with E-state index in [1.54, 1.807) is 0 Å². The molecule has 0 spiro atoms. The van der Waals surface area contributed by atoms with E-state index in [-0.39, 0.29) is 0 Å². The molecular formula is C39H30B5N3O. The van der Waals surface area contributed by atoms with Crippen LogP contribution in [-0.4, -0.2) is 54.2 Å². The molecular weight excluding hydrogens is 581 g/mol. The first kappa shape index (κ1) is 29.8. The van der Waals surface area contributed by atoms with E-state index in [1.165, 1.54) is 32.9 Å². The maximum atomic E-state index is 6.45. The number of fused-ring (bicyclic) bond motifs is 3. The number of rotatable bonds is 5. The lowest BCUT2D eigenvalue weighted by Crippen LogP contribution is -2.55. The summed E-state index contributed by atoms with van der Waals surface area (Å²) in [4.78, 5) is 15.4. The summed E-state index contributed by atoms with van der Waals surface area (Å²) in [5.41, 5.74) is 15.7. The molecule has 0 aliphatic carbocycles. The lowest BCUT2D eigenvalue weighted by molar-refractivity contribution is 0.669. The first-order valence-electron chi connectivity index (χ1n) is 16.4. The third-order valence-corrected chi connectivity index (χ3v) is 9.92. The zero-order chi connectivity index (χ0) is 32.9. The summed E-state index contributed by atoms with van der Waals surface area (Å²) in [6, 6.07) is 41.6. The highest BCUT2D eigenvalue weighted by Crippen LogP contribution is 2.41. The zero-order valence-electron chi connectivity index (χ0n) is 27.8. The Kier molecular flexibility index (Phi) is 7.41. The maximum absolute atomic E-state index is 6.45. The molecule has 0 saturated carbocycles. The first-order valence-corrected chi connectivity index (χ1v) is 16.4. The molecule has 0 N–H and O–H groups in total. The van der Waals surface area contributed by atoms with Crippen LogP contribution in [0.25, 0.3) is 78.4 Å². The fourth-order valence-electron chi connectivity index (χ4n) is 7.00. The lowest BCUT2D eigenvalue weighted by Gasteiger charge is -2.20. The van der Waals surface area contributed by atoms with Crippen molar-refractivity contribution in [3.8, 4) is 56.4 Å². The third-order valence-electron chi connectivity index (χ3n) is 9.92. The maximum Gasteiger partial charge on any atom is 0.164 e. The summed E-state index contributed by atoms with van der Waals surface area (Å²) in [5.74, 6) is 1.86. The van der Waals surface area contributed by atoms with Crippen LogP contribution in [0.2, 0.25) is 0 Å². The smallest absolute Gasteiger partial charge is 0.164 e. The van der Waals surface area contributed by atoms with Gasteiger partial charge in [0, 0.05) is 27.5 Å². The standard InChI is InChI=1S/C39H30B5N3O/c40-32-29(33(41)35(43)36(44)34(32)42)23-14-7-15-24(20-23)38-45-37(22-12-5-2-6-13-22)46-39(47-38)26-17-9-19-28-31(26)30-25(16-8-18-27(30)48-28)21-10-3-1-4-11-21/h1-20H,40-44H2. The van der Waals surface area contributed by atoms with Crippen molar-refractivity contribution < 1.29 is 4.42 Å². The van der Waals surface area contributed by atoms with Gasteiger partial charge in [0.1, 0.15) is 50.4 Å². The Bertz CT molecular complexity index is 2490. The van der Waals surface area contributed by atoms with Crippen molar-refractivity contribution in [2.75, 3.05) is 0 Å². The Morgan fingerprint density at radius 2 is 0.833 bits per heavy atom. The topological polar surface area (TPSA) is 51.8 Å². The highest BCUT2D eigenvalue weighted by atomic mass is 16.3. The zero-order valence-corrected chi connectivity index (χ0v) is 27.8. The van der Waals surface area contributed by atoms with Crippen molar-refractivity contribution in [1.82, 2.24) is 15.0 Å². The van der Waals surface area contributed by atoms with Gasteiger partial charge in [0.15, 0.2) is 17.5 Å². The Morgan fingerprint density at radius 3 is 1.48 bits per heavy atom. The van der Waals surface area contributed by atoms with Crippen LogP contribution >= 0.6 is 0 Å². The second-order valence-electron chi connectivity index (χ2n) is 12.6. The molecule has 9 heteroatoms. The van der Waals surface area contributed by atoms with Gasteiger partial charge in [-0.3, -0.25) is 0 Å². The quantitative estimate of drug-likeness (QED) is 0.277.